The molecule has 68 valence electrons. The maximum atomic E-state index is 5.25. The highest BCUT2D eigenvalue weighted by atomic mass is 16.3. The molecule has 0 amide bonds. The van der Waals surface area contributed by atoms with Crippen molar-refractivity contribution in [1.82, 2.24) is 14.8 Å². The van der Waals surface area contributed by atoms with Crippen molar-refractivity contribution >= 4 is 0 Å². The molecule has 0 aliphatic carbocycles. The van der Waals surface area contributed by atoms with Crippen molar-refractivity contribution in [3.63, 3.8) is 0 Å². The molecule has 0 fully saturated rings. The van der Waals surface area contributed by atoms with Crippen LogP contribution >= 0.6 is 0 Å². The summed E-state index contributed by atoms with van der Waals surface area (Å²) in [5.41, 5.74) is 0. The topological polar surface area (TPSA) is 43.9 Å². The molecule has 0 aliphatic heterocycles. The molecule has 0 aliphatic rings. The first-order valence-electron chi connectivity index (χ1n) is 4.26. The molecule has 0 saturated carbocycles. The molecular formula is C9H11N3O. The van der Waals surface area contributed by atoms with Crippen molar-refractivity contribution in [2.75, 3.05) is 0 Å². The van der Waals surface area contributed by atoms with Gasteiger partial charge in [0.2, 0.25) is 0 Å². The summed E-state index contributed by atoms with van der Waals surface area (Å²) in [6.07, 6.45) is 1.64. The third kappa shape index (κ3) is 1.24. The minimum absolute atomic E-state index is 0.766. The van der Waals surface area contributed by atoms with E-state index in [0.29, 0.717) is 0 Å². The Morgan fingerprint density at radius 3 is 2.92 bits per heavy atom. The molecule has 0 atom stereocenters. The fourth-order valence-corrected chi connectivity index (χ4v) is 1.35. The molecule has 4 heteroatoms. The fourth-order valence-electron chi connectivity index (χ4n) is 1.35. The van der Waals surface area contributed by atoms with Crippen LogP contribution in [-0.2, 0) is 6.54 Å². The largest absolute Gasteiger partial charge is 0.461 e. The van der Waals surface area contributed by atoms with Gasteiger partial charge >= 0.3 is 0 Å². The van der Waals surface area contributed by atoms with Gasteiger partial charge in [-0.15, -0.1) is 10.2 Å². The third-order valence-electron chi connectivity index (χ3n) is 1.99. The maximum Gasteiger partial charge on any atom is 0.199 e. The van der Waals surface area contributed by atoms with Crippen molar-refractivity contribution in [3.8, 4) is 11.6 Å². The third-order valence-corrected chi connectivity index (χ3v) is 1.99. The molecule has 2 heterocycles. The highest BCUT2D eigenvalue weighted by Crippen LogP contribution is 2.17. The van der Waals surface area contributed by atoms with E-state index in [-0.39, 0.29) is 0 Å². The summed E-state index contributed by atoms with van der Waals surface area (Å²) in [6, 6.07) is 3.73. The van der Waals surface area contributed by atoms with Crippen LogP contribution in [0.25, 0.3) is 11.6 Å². The molecule has 2 aromatic heterocycles. The molecule has 0 bridgehead atoms. The molecule has 0 N–H and O–H groups in total. The Labute approximate surface area is 76.2 Å². The van der Waals surface area contributed by atoms with Gasteiger partial charge in [-0.2, -0.15) is 0 Å². The van der Waals surface area contributed by atoms with Crippen LogP contribution in [0.4, 0.5) is 0 Å². The van der Waals surface area contributed by atoms with E-state index < -0.39 is 0 Å². The molecule has 0 spiro atoms. The van der Waals surface area contributed by atoms with Gasteiger partial charge in [0, 0.05) is 6.54 Å². The first-order valence-corrected chi connectivity index (χ1v) is 4.26. The smallest absolute Gasteiger partial charge is 0.199 e. The summed E-state index contributed by atoms with van der Waals surface area (Å²) < 4.78 is 7.26. The van der Waals surface area contributed by atoms with Crippen LogP contribution in [-0.4, -0.2) is 14.8 Å². The van der Waals surface area contributed by atoms with E-state index >= 15 is 0 Å². The minimum atomic E-state index is 0.766. The summed E-state index contributed by atoms with van der Waals surface area (Å²) in [7, 11) is 0. The number of nitrogens with zero attached hydrogens (tertiary/aromatic N) is 3. The van der Waals surface area contributed by atoms with Crippen LogP contribution in [0, 0.1) is 6.92 Å². The number of aryl methyl sites for hydroxylation is 1. The van der Waals surface area contributed by atoms with Gasteiger partial charge in [-0.3, -0.25) is 0 Å². The standard InChI is InChI=1S/C9H11N3O/c1-3-12-7(2)10-11-9(12)8-5-4-6-13-8/h4-6H,3H2,1-2H3. The number of rotatable bonds is 2. The molecule has 0 radical (unpaired) electrons. The Bertz CT molecular complexity index is 389. The van der Waals surface area contributed by atoms with Gasteiger partial charge in [-0.25, -0.2) is 0 Å². The second kappa shape index (κ2) is 3.05. The lowest BCUT2D eigenvalue weighted by Crippen LogP contribution is -1.99. The van der Waals surface area contributed by atoms with Gasteiger partial charge in [0.1, 0.15) is 5.82 Å². The van der Waals surface area contributed by atoms with E-state index in [9.17, 15) is 0 Å². The van der Waals surface area contributed by atoms with Crippen molar-refractivity contribution in [1.29, 1.82) is 0 Å². The number of furan rings is 1. The number of aromatic nitrogens is 3. The lowest BCUT2D eigenvalue weighted by atomic mass is 10.4. The zero-order valence-electron chi connectivity index (χ0n) is 7.69. The van der Waals surface area contributed by atoms with Crippen molar-refractivity contribution < 1.29 is 4.42 Å². The van der Waals surface area contributed by atoms with E-state index in [1.807, 2.05) is 23.6 Å². The Morgan fingerprint density at radius 2 is 2.31 bits per heavy atom. The average Bonchev–Trinajstić information content (AvgIpc) is 2.71. The average molecular weight is 177 g/mol. The van der Waals surface area contributed by atoms with Crippen LogP contribution in [0.3, 0.4) is 0 Å². The summed E-state index contributed by atoms with van der Waals surface area (Å²) in [4.78, 5) is 0. The van der Waals surface area contributed by atoms with Crippen molar-refractivity contribution in [3.05, 3.63) is 24.2 Å². The van der Waals surface area contributed by atoms with Crippen LogP contribution in [0.2, 0.25) is 0 Å². The van der Waals surface area contributed by atoms with Crippen LogP contribution < -0.4 is 0 Å². The van der Waals surface area contributed by atoms with E-state index in [1.54, 1.807) is 6.26 Å². The second-order valence-corrected chi connectivity index (χ2v) is 2.79. The fraction of sp³-hybridized carbons (Fsp3) is 0.333. The normalized spacial score (nSPS) is 10.6. The van der Waals surface area contributed by atoms with Crippen molar-refractivity contribution in [2.45, 2.75) is 20.4 Å². The zero-order valence-corrected chi connectivity index (χ0v) is 7.69. The van der Waals surface area contributed by atoms with Gasteiger partial charge in [-0.05, 0) is 26.0 Å². The molecule has 13 heavy (non-hydrogen) atoms. The Morgan fingerprint density at radius 1 is 1.46 bits per heavy atom. The molecule has 0 saturated heterocycles. The van der Waals surface area contributed by atoms with Gasteiger partial charge in [-0.1, -0.05) is 0 Å². The van der Waals surface area contributed by atoms with Crippen LogP contribution in [0.15, 0.2) is 22.8 Å². The Hall–Kier alpha value is -1.58. The molecular weight excluding hydrogens is 166 g/mol. The van der Waals surface area contributed by atoms with E-state index in [1.165, 1.54) is 0 Å². The Balaban J connectivity index is 2.52. The maximum absolute atomic E-state index is 5.25. The predicted molar refractivity (Wildman–Crippen MR) is 48.1 cm³/mol. The lowest BCUT2D eigenvalue weighted by Gasteiger charge is -2.01. The number of hydrogen-bond acceptors (Lipinski definition) is 3. The highest BCUT2D eigenvalue weighted by Gasteiger charge is 2.10. The monoisotopic (exact) mass is 177 g/mol. The van der Waals surface area contributed by atoms with Gasteiger partial charge < -0.3 is 8.98 Å². The summed E-state index contributed by atoms with van der Waals surface area (Å²) in [5, 5.41) is 8.04. The first kappa shape index (κ1) is 8.04. The zero-order chi connectivity index (χ0) is 9.26. The quantitative estimate of drug-likeness (QED) is 0.703. The summed E-state index contributed by atoms with van der Waals surface area (Å²) in [6.45, 7) is 4.85. The van der Waals surface area contributed by atoms with Gasteiger partial charge in [0.15, 0.2) is 11.6 Å². The summed E-state index contributed by atoms with van der Waals surface area (Å²) in [5.74, 6) is 2.47. The number of hydrogen-bond donors (Lipinski definition) is 0. The first-order chi connectivity index (χ1) is 6.33. The van der Waals surface area contributed by atoms with Gasteiger partial charge in [0.25, 0.3) is 0 Å². The van der Waals surface area contributed by atoms with E-state index in [4.69, 9.17) is 4.42 Å². The Kier molecular flexibility index (Phi) is 1.88. The molecule has 2 rings (SSSR count). The summed E-state index contributed by atoms with van der Waals surface area (Å²) >= 11 is 0. The SMILES string of the molecule is CCn1c(C)nnc1-c1ccco1. The van der Waals surface area contributed by atoms with Gasteiger partial charge in [0.05, 0.1) is 6.26 Å². The minimum Gasteiger partial charge on any atom is -0.461 e. The van der Waals surface area contributed by atoms with Crippen LogP contribution in [0.1, 0.15) is 12.7 Å². The highest BCUT2D eigenvalue weighted by molar-refractivity contribution is 5.46. The molecule has 4 nitrogen and oxygen atoms in total. The van der Waals surface area contributed by atoms with Crippen LogP contribution in [0.5, 0.6) is 0 Å². The molecule has 2 aromatic rings. The van der Waals surface area contributed by atoms with E-state index in [0.717, 1.165) is 24.0 Å². The molecule has 0 unspecified atom stereocenters. The van der Waals surface area contributed by atoms with Crippen molar-refractivity contribution in [2.24, 2.45) is 0 Å². The van der Waals surface area contributed by atoms with E-state index in [2.05, 4.69) is 17.1 Å². The second-order valence-electron chi connectivity index (χ2n) is 2.79. The predicted octanol–water partition coefficient (Wildman–Crippen LogP) is 1.87. The molecule has 0 aromatic carbocycles. The lowest BCUT2D eigenvalue weighted by molar-refractivity contribution is 0.569.